The molecule has 2 aromatic heterocycles. The Hall–Kier alpha value is -4.26. The second kappa shape index (κ2) is 7.21. The summed E-state index contributed by atoms with van der Waals surface area (Å²) in [6.07, 6.45) is 2.78. The molecule has 31 heavy (non-hydrogen) atoms. The summed E-state index contributed by atoms with van der Waals surface area (Å²) >= 11 is 0. The SMILES string of the molecule is Cc1ccc(-n2ncc3c(=O)n(NC(=O)c4ccc5ccccc5c4)cnc32)cc1C. The van der Waals surface area contributed by atoms with E-state index < -0.39 is 11.5 Å². The summed E-state index contributed by atoms with van der Waals surface area (Å²) in [4.78, 5) is 30.0. The van der Waals surface area contributed by atoms with Crippen LogP contribution in [0.5, 0.6) is 0 Å². The normalized spacial score (nSPS) is 11.2. The highest BCUT2D eigenvalue weighted by molar-refractivity contribution is 6.03. The highest BCUT2D eigenvalue weighted by Crippen LogP contribution is 2.18. The number of fused-ring (bicyclic) bond motifs is 2. The van der Waals surface area contributed by atoms with Gasteiger partial charge in [-0.25, -0.2) is 14.3 Å². The molecule has 0 aliphatic carbocycles. The zero-order valence-electron chi connectivity index (χ0n) is 17.0. The number of nitrogens with zero attached hydrogens (tertiary/aromatic N) is 4. The van der Waals surface area contributed by atoms with Crippen LogP contribution in [-0.4, -0.2) is 25.3 Å². The van der Waals surface area contributed by atoms with E-state index in [0.29, 0.717) is 16.6 Å². The minimum absolute atomic E-state index is 0.319. The monoisotopic (exact) mass is 409 g/mol. The third kappa shape index (κ3) is 3.26. The van der Waals surface area contributed by atoms with Crippen molar-refractivity contribution in [3.05, 3.63) is 100 Å². The minimum Gasteiger partial charge on any atom is -0.267 e. The maximum Gasteiger partial charge on any atom is 0.283 e. The summed E-state index contributed by atoms with van der Waals surface area (Å²) in [6.45, 7) is 4.06. The second-order valence-corrected chi connectivity index (χ2v) is 7.48. The molecule has 3 aromatic carbocycles. The first-order valence-corrected chi connectivity index (χ1v) is 9.84. The molecule has 0 aliphatic rings. The number of aromatic nitrogens is 4. The van der Waals surface area contributed by atoms with Crippen molar-refractivity contribution in [2.75, 3.05) is 5.43 Å². The van der Waals surface area contributed by atoms with Gasteiger partial charge in [-0.05, 0) is 60.0 Å². The average Bonchev–Trinajstić information content (AvgIpc) is 3.22. The van der Waals surface area contributed by atoms with E-state index in [9.17, 15) is 9.59 Å². The van der Waals surface area contributed by atoms with Crippen LogP contribution >= 0.6 is 0 Å². The van der Waals surface area contributed by atoms with Gasteiger partial charge in [-0.2, -0.15) is 5.10 Å². The fourth-order valence-electron chi connectivity index (χ4n) is 3.54. The van der Waals surface area contributed by atoms with Crippen molar-refractivity contribution < 1.29 is 4.79 Å². The van der Waals surface area contributed by atoms with Crippen molar-refractivity contribution in [3.63, 3.8) is 0 Å². The van der Waals surface area contributed by atoms with Crippen LogP contribution in [0.1, 0.15) is 21.5 Å². The molecule has 5 aromatic rings. The van der Waals surface area contributed by atoms with E-state index in [1.54, 1.807) is 16.8 Å². The molecule has 1 amide bonds. The van der Waals surface area contributed by atoms with Gasteiger partial charge >= 0.3 is 0 Å². The Balaban J connectivity index is 1.49. The van der Waals surface area contributed by atoms with Gasteiger partial charge in [-0.1, -0.05) is 36.4 Å². The Morgan fingerprint density at radius 3 is 2.55 bits per heavy atom. The Bertz CT molecular complexity index is 1530. The van der Waals surface area contributed by atoms with Crippen molar-refractivity contribution in [2.45, 2.75) is 13.8 Å². The minimum atomic E-state index is -0.394. The van der Waals surface area contributed by atoms with Crippen LogP contribution in [-0.2, 0) is 0 Å². The summed E-state index contributed by atoms with van der Waals surface area (Å²) < 4.78 is 2.71. The topological polar surface area (TPSA) is 81.8 Å². The van der Waals surface area contributed by atoms with E-state index in [1.165, 1.54) is 18.1 Å². The quantitative estimate of drug-likeness (QED) is 0.492. The largest absolute Gasteiger partial charge is 0.283 e. The molecule has 0 saturated carbocycles. The van der Waals surface area contributed by atoms with Crippen molar-refractivity contribution >= 4 is 27.7 Å². The van der Waals surface area contributed by atoms with Crippen LogP contribution in [0.25, 0.3) is 27.5 Å². The lowest BCUT2D eigenvalue weighted by atomic mass is 10.1. The van der Waals surface area contributed by atoms with Gasteiger partial charge in [-0.15, -0.1) is 0 Å². The summed E-state index contributed by atoms with van der Waals surface area (Å²) in [5.74, 6) is -0.393. The maximum absolute atomic E-state index is 12.9. The Kier molecular flexibility index (Phi) is 4.36. The number of benzene rings is 3. The first kappa shape index (κ1) is 18.7. The molecule has 152 valence electrons. The summed E-state index contributed by atoms with van der Waals surface area (Å²) in [5, 5.41) is 6.65. The van der Waals surface area contributed by atoms with E-state index in [4.69, 9.17) is 0 Å². The molecule has 0 bridgehead atoms. The first-order valence-electron chi connectivity index (χ1n) is 9.84. The number of rotatable bonds is 3. The summed E-state index contributed by atoms with van der Waals surface area (Å²) in [7, 11) is 0. The van der Waals surface area contributed by atoms with Crippen molar-refractivity contribution in [2.24, 2.45) is 0 Å². The van der Waals surface area contributed by atoms with E-state index in [-0.39, 0.29) is 0 Å². The summed E-state index contributed by atoms with van der Waals surface area (Å²) in [6, 6.07) is 19.1. The Morgan fingerprint density at radius 1 is 0.935 bits per heavy atom. The zero-order chi connectivity index (χ0) is 21.5. The zero-order valence-corrected chi connectivity index (χ0v) is 17.0. The standard InChI is InChI=1S/C24H19N5O2/c1-15-7-10-20(11-16(15)2)29-22-21(13-26-29)24(31)28(14-25-22)27-23(30)19-9-8-17-5-3-4-6-18(17)12-19/h3-14H,1-2H3,(H,27,30). The molecule has 0 radical (unpaired) electrons. The maximum atomic E-state index is 12.9. The lowest BCUT2D eigenvalue weighted by molar-refractivity contribution is 0.101. The van der Waals surface area contributed by atoms with E-state index in [0.717, 1.165) is 26.7 Å². The van der Waals surface area contributed by atoms with Crippen LogP contribution in [0.4, 0.5) is 0 Å². The fraction of sp³-hybridized carbons (Fsp3) is 0.0833. The molecule has 0 spiro atoms. The predicted octanol–water partition coefficient (Wildman–Crippen LogP) is 3.74. The molecular weight excluding hydrogens is 390 g/mol. The Labute approximate surface area is 177 Å². The van der Waals surface area contributed by atoms with Crippen molar-refractivity contribution in [3.8, 4) is 5.69 Å². The van der Waals surface area contributed by atoms with E-state index >= 15 is 0 Å². The molecule has 2 heterocycles. The third-order valence-electron chi connectivity index (χ3n) is 5.46. The molecule has 0 unspecified atom stereocenters. The molecular formula is C24H19N5O2. The van der Waals surface area contributed by atoms with E-state index in [1.807, 2.05) is 62.4 Å². The molecule has 7 heteroatoms. The lowest BCUT2D eigenvalue weighted by Crippen LogP contribution is -2.33. The van der Waals surface area contributed by atoms with Crippen LogP contribution in [0.3, 0.4) is 0 Å². The van der Waals surface area contributed by atoms with Gasteiger partial charge < -0.3 is 0 Å². The van der Waals surface area contributed by atoms with Gasteiger partial charge in [0.25, 0.3) is 11.5 Å². The number of hydrogen-bond donors (Lipinski definition) is 1. The molecule has 7 nitrogen and oxygen atoms in total. The van der Waals surface area contributed by atoms with Gasteiger partial charge in [0.2, 0.25) is 0 Å². The Morgan fingerprint density at radius 2 is 1.74 bits per heavy atom. The molecule has 0 saturated heterocycles. The smallest absolute Gasteiger partial charge is 0.267 e. The van der Waals surface area contributed by atoms with Crippen LogP contribution in [0.15, 0.2) is 78.0 Å². The van der Waals surface area contributed by atoms with Gasteiger partial charge in [0.05, 0.1) is 11.9 Å². The van der Waals surface area contributed by atoms with Gasteiger partial charge in [0.15, 0.2) is 5.65 Å². The van der Waals surface area contributed by atoms with Crippen LogP contribution in [0, 0.1) is 13.8 Å². The number of nitrogens with one attached hydrogen (secondary N) is 1. The number of carbonyl (C=O) groups excluding carboxylic acids is 1. The van der Waals surface area contributed by atoms with Crippen LogP contribution < -0.4 is 11.0 Å². The average molecular weight is 409 g/mol. The van der Waals surface area contributed by atoms with Crippen molar-refractivity contribution in [1.29, 1.82) is 0 Å². The van der Waals surface area contributed by atoms with Gasteiger partial charge in [-0.3, -0.25) is 15.0 Å². The lowest BCUT2D eigenvalue weighted by Gasteiger charge is -2.09. The predicted molar refractivity (Wildman–Crippen MR) is 120 cm³/mol. The molecule has 0 fully saturated rings. The van der Waals surface area contributed by atoms with Crippen molar-refractivity contribution in [1.82, 2.24) is 19.4 Å². The number of aryl methyl sites for hydroxylation is 2. The third-order valence-corrected chi connectivity index (χ3v) is 5.46. The molecule has 0 aliphatic heterocycles. The second-order valence-electron chi connectivity index (χ2n) is 7.48. The highest BCUT2D eigenvalue weighted by atomic mass is 16.2. The van der Waals surface area contributed by atoms with Gasteiger partial charge in [0.1, 0.15) is 11.7 Å². The van der Waals surface area contributed by atoms with E-state index in [2.05, 4.69) is 15.5 Å². The molecule has 0 atom stereocenters. The number of amides is 1. The first-order chi connectivity index (χ1) is 15.0. The number of hydrogen-bond acceptors (Lipinski definition) is 4. The summed E-state index contributed by atoms with van der Waals surface area (Å²) in [5.41, 5.74) is 6.23. The molecule has 1 N–H and O–H groups in total. The molecule has 5 rings (SSSR count). The van der Waals surface area contributed by atoms with Gasteiger partial charge in [0, 0.05) is 5.56 Å². The van der Waals surface area contributed by atoms with Crippen LogP contribution in [0.2, 0.25) is 0 Å². The highest BCUT2D eigenvalue weighted by Gasteiger charge is 2.14. The number of carbonyl (C=O) groups is 1. The fourth-order valence-corrected chi connectivity index (χ4v) is 3.54.